The Morgan fingerprint density at radius 3 is 2.93 bits per heavy atom. The number of carbonyl (C=O) groups is 1. The summed E-state index contributed by atoms with van der Waals surface area (Å²) in [6.07, 6.45) is 3.12. The molecule has 0 bridgehead atoms. The number of aromatic nitrogens is 1. The Hall–Kier alpha value is -2.18. The van der Waals surface area contributed by atoms with Gasteiger partial charge in [-0.3, -0.25) is 4.79 Å². The van der Waals surface area contributed by atoms with Gasteiger partial charge in [0.2, 0.25) is 5.91 Å². The van der Waals surface area contributed by atoms with Crippen molar-refractivity contribution in [2.24, 2.45) is 0 Å². The highest BCUT2D eigenvalue weighted by atomic mass is 32.1. The Morgan fingerprint density at radius 1 is 1.22 bits per heavy atom. The second-order valence-corrected chi connectivity index (χ2v) is 8.25. The van der Waals surface area contributed by atoms with Gasteiger partial charge in [-0.1, -0.05) is 12.1 Å². The van der Waals surface area contributed by atoms with E-state index in [1.54, 1.807) is 11.3 Å². The summed E-state index contributed by atoms with van der Waals surface area (Å²) in [6, 6.07) is 10.0. The third kappa shape index (κ3) is 3.28. The molecule has 2 aliphatic rings. The van der Waals surface area contributed by atoms with Crippen LogP contribution in [-0.4, -0.2) is 35.5 Å². The monoisotopic (exact) mass is 382 g/mol. The highest BCUT2D eigenvalue weighted by Gasteiger charge is 2.30. The van der Waals surface area contributed by atoms with Crippen LogP contribution in [0.3, 0.4) is 0 Å². The second kappa shape index (κ2) is 7.09. The fraction of sp³-hybridized carbons (Fsp3) is 0.429. The van der Waals surface area contributed by atoms with Gasteiger partial charge in [0, 0.05) is 23.9 Å². The molecule has 2 aliphatic heterocycles. The highest BCUT2D eigenvalue weighted by Crippen LogP contribution is 2.35. The van der Waals surface area contributed by atoms with Crippen LogP contribution in [-0.2, 0) is 16.0 Å². The predicted molar refractivity (Wildman–Crippen MR) is 104 cm³/mol. The van der Waals surface area contributed by atoms with Crippen molar-refractivity contribution in [3.05, 3.63) is 52.0 Å². The molecule has 4 heterocycles. The van der Waals surface area contributed by atoms with E-state index in [1.165, 1.54) is 10.4 Å². The van der Waals surface area contributed by atoms with E-state index in [4.69, 9.17) is 9.15 Å². The van der Waals surface area contributed by atoms with Crippen molar-refractivity contribution in [2.45, 2.75) is 37.7 Å². The SMILES string of the molecule is O=C(CC1OCCc2ccsc21)N1CCC(c2nc3ccccc3o2)CC1. The summed E-state index contributed by atoms with van der Waals surface area (Å²) in [5.41, 5.74) is 3.10. The fourth-order valence-electron chi connectivity index (χ4n) is 4.10. The fourth-order valence-corrected chi connectivity index (χ4v) is 5.11. The van der Waals surface area contributed by atoms with E-state index in [2.05, 4.69) is 16.4 Å². The lowest BCUT2D eigenvalue weighted by molar-refractivity contribution is -0.135. The van der Waals surface area contributed by atoms with E-state index in [0.717, 1.165) is 49.3 Å². The van der Waals surface area contributed by atoms with Gasteiger partial charge >= 0.3 is 0 Å². The third-order valence-corrected chi connectivity index (χ3v) is 6.68. The minimum absolute atomic E-state index is 0.0731. The van der Waals surface area contributed by atoms with Gasteiger partial charge in [0.25, 0.3) is 0 Å². The van der Waals surface area contributed by atoms with Gasteiger partial charge in [0.15, 0.2) is 11.5 Å². The summed E-state index contributed by atoms with van der Waals surface area (Å²) in [5, 5.41) is 2.10. The number of carbonyl (C=O) groups excluding carboxylic acids is 1. The summed E-state index contributed by atoms with van der Waals surface area (Å²) in [4.78, 5) is 20.6. The molecule has 1 saturated heterocycles. The number of oxazole rings is 1. The van der Waals surface area contributed by atoms with Gasteiger partial charge < -0.3 is 14.1 Å². The van der Waals surface area contributed by atoms with Crippen LogP contribution in [0.5, 0.6) is 0 Å². The molecule has 0 spiro atoms. The number of nitrogens with zero attached hydrogens (tertiary/aromatic N) is 2. The molecule has 140 valence electrons. The van der Waals surface area contributed by atoms with Gasteiger partial charge in [-0.15, -0.1) is 11.3 Å². The second-order valence-electron chi connectivity index (χ2n) is 7.30. The molecular formula is C21H22N2O3S. The summed E-state index contributed by atoms with van der Waals surface area (Å²) >= 11 is 1.71. The Morgan fingerprint density at radius 2 is 2.07 bits per heavy atom. The van der Waals surface area contributed by atoms with Crippen LogP contribution in [0.15, 0.2) is 40.1 Å². The summed E-state index contributed by atoms with van der Waals surface area (Å²) in [5.74, 6) is 1.29. The van der Waals surface area contributed by atoms with E-state index in [-0.39, 0.29) is 17.9 Å². The van der Waals surface area contributed by atoms with Gasteiger partial charge in [0.05, 0.1) is 13.0 Å². The standard InChI is InChI=1S/C21H22N2O3S/c24-19(13-18-20-14(7-11-25-18)8-12-27-20)23-9-5-15(6-10-23)21-22-16-3-1-2-4-17(16)26-21/h1-4,8,12,15,18H,5-7,9-11,13H2. The van der Waals surface area contributed by atoms with Crippen molar-refractivity contribution >= 4 is 28.3 Å². The molecule has 27 heavy (non-hydrogen) atoms. The number of thiophene rings is 1. The maximum Gasteiger partial charge on any atom is 0.225 e. The number of likely N-dealkylation sites (tertiary alicyclic amines) is 1. The van der Waals surface area contributed by atoms with Crippen LogP contribution in [0, 0.1) is 0 Å². The van der Waals surface area contributed by atoms with Crippen molar-refractivity contribution in [2.75, 3.05) is 19.7 Å². The number of rotatable bonds is 3. The van der Waals surface area contributed by atoms with Gasteiger partial charge in [-0.2, -0.15) is 0 Å². The lowest BCUT2D eigenvalue weighted by Crippen LogP contribution is -2.39. The quantitative estimate of drug-likeness (QED) is 0.678. The van der Waals surface area contributed by atoms with Crippen LogP contribution < -0.4 is 0 Å². The van der Waals surface area contributed by atoms with Gasteiger partial charge in [0.1, 0.15) is 11.6 Å². The molecule has 0 aliphatic carbocycles. The predicted octanol–water partition coefficient (Wildman–Crippen LogP) is 4.30. The number of para-hydroxylation sites is 2. The average Bonchev–Trinajstić information content (AvgIpc) is 3.35. The Kier molecular flexibility index (Phi) is 4.45. The lowest BCUT2D eigenvalue weighted by atomic mass is 9.96. The molecule has 0 N–H and O–H groups in total. The van der Waals surface area contributed by atoms with E-state index >= 15 is 0 Å². The van der Waals surface area contributed by atoms with E-state index < -0.39 is 0 Å². The van der Waals surface area contributed by atoms with E-state index in [9.17, 15) is 4.79 Å². The van der Waals surface area contributed by atoms with Crippen molar-refractivity contribution in [1.29, 1.82) is 0 Å². The van der Waals surface area contributed by atoms with E-state index in [1.807, 2.05) is 29.2 Å². The van der Waals surface area contributed by atoms with Crippen molar-refractivity contribution in [1.82, 2.24) is 9.88 Å². The number of piperidine rings is 1. The minimum atomic E-state index is -0.0731. The molecule has 1 aromatic carbocycles. The molecule has 1 amide bonds. The van der Waals surface area contributed by atoms with Gasteiger partial charge in [-0.05, 0) is 48.4 Å². The molecule has 2 aromatic heterocycles. The molecule has 1 unspecified atom stereocenters. The first-order chi connectivity index (χ1) is 13.3. The summed E-state index contributed by atoms with van der Waals surface area (Å²) in [6.45, 7) is 2.22. The first-order valence-corrected chi connectivity index (χ1v) is 10.5. The zero-order valence-electron chi connectivity index (χ0n) is 15.1. The molecule has 1 atom stereocenters. The van der Waals surface area contributed by atoms with Crippen LogP contribution in [0.25, 0.3) is 11.1 Å². The zero-order chi connectivity index (χ0) is 18.2. The van der Waals surface area contributed by atoms with Crippen molar-refractivity contribution in [3.8, 4) is 0 Å². The van der Waals surface area contributed by atoms with Crippen LogP contribution >= 0.6 is 11.3 Å². The summed E-state index contributed by atoms with van der Waals surface area (Å²) < 4.78 is 11.8. The average molecular weight is 382 g/mol. The smallest absolute Gasteiger partial charge is 0.225 e. The first-order valence-electron chi connectivity index (χ1n) is 9.59. The van der Waals surface area contributed by atoms with Crippen molar-refractivity contribution < 1.29 is 13.9 Å². The largest absolute Gasteiger partial charge is 0.440 e. The molecule has 0 saturated carbocycles. The number of hydrogen-bond donors (Lipinski definition) is 0. The molecule has 5 nitrogen and oxygen atoms in total. The molecule has 6 heteroatoms. The normalized spacial score (nSPS) is 20.7. The molecular weight excluding hydrogens is 360 g/mol. The van der Waals surface area contributed by atoms with Crippen molar-refractivity contribution in [3.63, 3.8) is 0 Å². The molecule has 3 aromatic rings. The Bertz CT molecular complexity index is 922. The number of amides is 1. The van der Waals surface area contributed by atoms with Gasteiger partial charge in [-0.25, -0.2) is 4.98 Å². The van der Waals surface area contributed by atoms with Crippen LogP contribution in [0.2, 0.25) is 0 Å². The maximum atomic E-state index is 12.8. The van der Waals surface area contributed by atoms with E-state index in [0.29, 0.717) is 13.0 Å². The Labute approximate surface area is 161 Å². The summed E-state index contributed by atoms with van der Waals surface area (Å²) in [7, 11) is 0. The minimum Gasteiger partial charge on any atom is -0.440 e. The van der Waals surface area contributed by atoms with Crippen LogP contribution in [0.1, 0.15) is 47.6 Å². The van der Waals surface area contributed by atoms with Crippen LogP contribution in [0.4, 0.5) is 0 Å². The molecule has 0 radical (unpaired) electrons. The topological polar surface area (TPSA) is 55.6 Å². The lowest BCUT2D eigenvalue weighted by Gasteiger charge is -2.32. The third-order valence-electron chi connectivity index (χ3n) is 5.63. The first kappa shape index (κ1) is 17.0. The zero-order valence-corrected chi connectivity index (χ0v) is 15.9. The number of benzene rings is 1. The Balaban J connectivity index is 1.21. The number of ether oxygens (including phenoxy) is 1. The molecule has 5 rings (SSSR count). The number of hydrogen-bond acceptors (Lipinski definition) is 5. The highest BCUT2D eigenvalue weighted by molar-refractivity contribution is 7.10. The number of fused-ring (bicyclic) bond motifs is 2. The maximum absolute atomic E-state index is 12.8. The molecule has 1 fully saturated rings.